The van der Waals surface area contributed by atoms with E-state index in [1.807, 2.05) is 19.0 Å². The molecule has 0 atom stereocenters. The molecule has 1 aromatic heterocycles. The number of nitrogens with zero attached hydrogens (tertiary/aromatic N) is 2. The number of hydrogen-bond donors (Lipinski definition) is 1. The molecule has 0 aliphatic carbocycles. The van der Waals surface area contributed by atoms with Crippen LogP contribution in [-0.2, 0) is 4.74 Å². The Morgan fingerprint density at radius 2 is 1.83 bits per heavy atom. The Balaban J connectivity index is 2.57. The average Bonchev–Trinajstić information content (AvgIpc) is 2.57. The van der Waals surface area contributed by atoms with Crippen LogP contribution in [0, 0.1) is 0 Å². The Kier molecular flexibility index (Phi) is 5.81. The summed E-state index contributed by atoms with van der Waals surface area (Å²) in [5.74, 6) is 1.22. The van der Waals surface area contributed by atoms with Crippen molar-refractivity contribution in [2.45, 2.75) is 6.92 Å². The van der Waals surface area contributed by atoms with Crippen LogP contribution in [0.5, 0.6) is 11.5 Å². The van der Waals surface area contributed by atoms with Crippen LogP contribution in [0.3, 0.4) is 0 Å². The third kappa shape index (κ3) is 3.86. The van der Waals surface area contributed by atoms with Crippen LogP contribution in [0.15, 0.2) is 18.2 Å². The number of esters is 1. The van der Waals surface area contributed by atoms with Crippen molar-refractivity contribution in [1.82, 2.24) is 9.88 Å². The summed E-state index contributed by atoms with van der Waals surface area (Å²) in [6, 6.07) is 5.32. The van der Waals surface area contributed by atoms with Crippen molar-refractivity contribution in [3.8, 4) is 11.5 Å². The molecule has 0 spiro atoms. The number of rotatable bonds is 7. The topological polar surface area (TPSA) is 72.9 Å². The van der Waals surface area contributed by atoms with Crippen LogP contribution in [0.2, 0.25) is 0 Å². The molecule has 0 saturated heterocycles. The molecule has 0 saturated carbocycles. The third-order valence-corrected chi connectivity index (χ3v) is 3.38. The second-order valence-corrected chi connectivity index (χ2v) is 5.42. The van der Waals surface area contributed by atoms with E-state index in [2.05, 4.69) is 10.3 Å². The van der Waals surface area contributed by atoms with Crippen molar-refractivity contribution in [3.63, 3.8) is 0 Å². The summed E-state index contributed by atoms with van der Waals surface area (Å²) in [6.45, 7) is 2.61. The third-order valence-electron chi connectivity index (χ3n) is 3.38. The zero-order valence-electron chi connectivity index (χ0n) is 14.7. The van der Waals surface area contributed by atoms with Gasteiger partial charge in [-0.15, -0.1) is 0 Å². The Labute approximate surface area is 141 Å². The van der Waals surface area contributed by atoms with Crippen LogP contribution < -0.4 is 14.8 Å². The number of anilines is 1. The number of ether oxygens (including phenoxy) is 3. The van der Waals surface area contributed by atoms with Gasteiger partial charge in [-0.25, -0.2) is 9.78 Å². The largest absolute Gasteiger partial charge is 0.493 e. The number of benzene rings is 1. The van der Waals surface area contributed by atoms with Gasteiger partial charge in [-0.3, -0.25) is 4.90 Å². The smallest absolute Gasteiger partial charge is 0.341 e. The number of methoxy groups -OCH3 is 2. The maximum Gasteiger partial charge on any atom is 0.341 e. The molecule has 1 heterocycles. The monoisotopic (exact) mass is 333 g/mol. The average molecular weight is 333 g/mol. The number of carbonyl (C=O) groups excluding carboxylic acids is 1. The summed E-state index contributed by atoms with van der Waals surface area (Å²) in [5.41, 5.74) is 1.08. The van der Waals surface area contributed by atoms with E-state index in [1.54, 1.807) is 39.3 Å². The molecule has 2 aromatic rings. The van der Waals surface area contributed by atoms with Gasteiger partial charge in [0.15, 0.2) is 11.5 Å². The normalized spacial score (nSPS) is 10.8. The molecule has 0 fully saturated rings. The van der Waals surface area contributed by atoms with Gasteiger partial charge in [0.2, 0.25) is 0 Å². The number of nitrogens with one attached hydrogen (secondary N) is 1. The second-order valence-electron chi connectivity index (χ2n) is 5.42. The highest BCUT2D eigenvalue weighted by Gasteiger charge is 2.17. The first-order chi connectivity index (χ1) is 11.5. The quantitative estimate of drug-likeness (QED) is 0.616. The molecule has 7 nitrogen and oxygen atoms in total. The van der Waals surface area contributed by atoms with Gasteiger partial charge in [-0.1, -0.05) is 0 Å². The maximum absolute atomic E-state index is 12.3. The first-order valence-corrected chi connectivity index (χ1v) is 7.62. The molecule has 0 aliphatic rings. The standard InChI is InChI=1S/C17H23N3O4/c1-6-24-17(21)12-7-11-8-14(22-4)15(23-5)9-13(11)19-16(12)18-10-20(2)3/h7-9H,6,10H2,1-5H3,(H,18,19). The van der Waals surface area contributed by atoms with Crippen molar-refractivity contribution in [2.75, 3.05) is 46.9 Å². The maximum atomic E-state index is 12.3. The molecule has 7 heteroatoms. The fraction of sp³-hybridized carbons (Fsp3) is 0.412. The van der Waals surface area contributed by atoms with Crippen LogP contribution in [0.25, 0.3) is 10.9 Å². The second kappa shape index (κ2) is 7.83. The number of pyridine rings is 1. The highest BCUT2D eigenvalue weighted by molar-refractivity contribution is 5.99. The van der Waals surface area contributed by atoms with Gasteiger partial charge in [-0.05, 0) is 33.2 Å². The first kappa shape index (κ1) is 17.8. The van der Waals surface area contributed by atoms with Crippen LogP contribution in [0.4, 0.5) is 5.82 Å². The number of carbonyl (C=O) groups is 1. The lowest BCUT2D eigenvalue weighted by Crippen LogP contribution is -2.22. The number of hydrogen-bond acceptors (Lipinski definition) is 7. The molecule has 0 bridgehead atoms. The van der Waals surface area contributed by atoms with E-state index in [0.29, 0.717) is 41.7 Å². The summed E-state index contributed by atoms with van der Waals surface area (Å²) in [6.07, 6.45) is 0. The summed E-state index contributed by atoms with van der Waals surface area (Å²) < 4.78 is 15.8. The summed E-state index contributed by atoms with van der Waals surface area (Å²) in [4.78, 5) is 18.8. The Morgan fingerprint density at radius 3 is 2.42 bits per heavy atom. The summed E-state index contributed by atoms with van der Waals surface area (Å²) in [7, 11) is 6.98. The van der Waals surface area contributed by atoms with Crippen molar-refractivity contribution in [3.05, 3.63) is 23.8 Å². The Bertz CT molecular complexity index is 731. The Hall–Kier alpha value is -2.54. The van der Waals surface area contributed by atoms with E-state index in [-0.39, 0.29) is 0 Å². The van der Waals surface area contributed by atoms with Crippen LogP contribution in [-0.4, -0.2) is 57.4 Å². The summed E-state index contributed by atoms with van der Waals surface area (Å²) in [5, 5.41) is 3.92. The van der Waals surface area contributed by atoms with E-state index in [1.165, 1.54) is 0 Å². The predicted octanol–water partition coefficient (Wildman–Crippen LogP) is 2.36. The van der Waals surface area contributed by atoms with Crippen molar-refractivity contribution >= 4 is 22.7 Å². The van der Waals surface area contributed by atoms with Gasteiger partial charge in [-0.2, -0.15) is 0 Å². The first-order valence-electron chi connectivity index (χ1n) is 7.62. The van der Waals surface area contributed by atoms with E-state index < -0.39 is 5.97 Å². The lowest BCUT2D eigenvalue weighted by atomic mass is 10.1. The molecule has 24 heavy (non-hydrogen) atoms. The zero-order valence-corrected chi connectivity index (χ0v) is 14.7. The van der Waals surface area contributed by atoms with E-state index in [9.17, 15) is 4.79 Å². The molecule has 1 aromatic carbocycles. The number of aromatic nitrogens is 1. The highest BCUT2D eigenvalue weighted by atomic mass is 16.5. The fourth-order valence-electron chi connectivity index (χ4n) is 2.23. The van der Waals surface area contributed by atoms with Crippen LogP contribution in [0.1, 0.15) is 17.3 Å². The molecule has 0 amide bonds. The molecular formula is C17H23N3O4. The lowest BCUT2D eigenvalue weighted by Gasteiger charge is -2.16. The fourth-order valence-corrected chi connectivity index (χ4v) is 2.23. The summed E-state index contributed by atoms with van der Waals surface area (Å²) >= 11 is 0. The molecule has 2 rings (SSSR count). The van der Waals surface area contributed by atoms with Crippen molar-refractivity contribution in [2.24, 2.45) is 0 Å². The molecule has 0 radical (unpaired) electrons. The van der Waals surface area contributed by atoms with Gasteiger partial charge in [0.1, 0.15) is 11.4 Å². The molecule has 0 unspecified atom stereocenters. The minimum atomic E-state index is -0.414. The molecule has 1 N–H and O–H groups in total. The zero-order chi connectivity index (χ0) is 17.7. The van der Waals surface area contributed by atoms with Gasteiger partial charge < -0.3 is 19.5 Å². The Morgan fingerprint density at radius 1 is 1.17 bits per heavy atom. The van der Waals surface area contributed by atoms with Crippen LogP contribution >= 0.6 is 0 Å². The minimum Gasteiger partial charge on any atom is -0.493 e. The van der Waals surface area contributed by atoms with E-state index >= 15 is 0 Å². The lowest BCUT2D eigenvalue weighted by molar-refractivity contribution is 0.0527. The number of fused-ring (bicyclic) bond motifs is 1. The minimum absolute atomic E-state index is 0.302. The predicted molar refractivity (Wildman–Crippen MR) is 93.0 cm³/mol. The van der Waals surface area contributed by atoms with Gasteiger partial charge >= 0.3 is 5.97 Å². The highest BCUT2D eigenvalue weighted by Crippen LogP contribution is 2.33. The van der Waals surface area contributed by atoms with Gasteiger partial charge in [0.25, 0.3) is 0 Å². The van der Waals surface area contributed by atoms with Crippen molar-refractivity contribution in [1.29, 1.82) is 0 Å². The van der Waals surface area contributed by atoms with Gasteiger partial charge in [0, 0.05) is 11.5 Å². The van der Waals surface area contributed by atoms with E-state index in [0.717, 1.165) is 5.39 Å². The molecule has 130 valence electrons. The van der Waals surface area contributed by atoms with E-state index in [4.69, 9.17) is 14.2 Å². The molecule has 0 aliphatic heterocycles. The van der Waals surface area contributed by atoms with Crippen molar-refractivity contribution < 1.29 is 19.0 Å². The van der Waals surface area contributed by atoms with Gasteiger partial charge in [0.05, 0.1) is 33.0 Å². The SMILES string of the molecule is CCOC(=O)c1cc2cc(OC)c(OC)cc2nc1NCN(C)C. The molecular weight excluding hydrogens is 310 g/mol.